The predicted molar refractivity (Wildman–Crippen MR) is 126 cm³/mol. The molecule has 0 amide bonds. The third-order valence-corrected chi connectivity index (χ3v) is 6.50. The lowest BCUT2D eigenvalue weighted by Crippen LogP contribution is -2.29. The Bertz CT molecular complexity index is 1440. The fourth-order valence-electron chi connectivity index (χ4n) is 4.82. The smallest absolute Gasteiger partial charge is 0.177 e. The van der Waals surface area contributed by atoms with E-state index in [2.05, 4.69) is 50.3 Å². The molecule has 5 heterocycles. The number of rotatable bonds is 3. The number of hydrogen-bond donors (Lipinski definition) is 2. The molecule has 0 aliphatic carbocycles. The van der Waals surface area contributed by atoms with Crippen LogP contribution in [0.4, 0.5) is 5.82 Å². The van der Waals surface area contributed by atoms with E-state index in [1.165, 1.54) is 0 Å². The Kier molecular flexibility index (Phi) is 4.43. The number of aryl methyl sites for hydroxylation is 1. The van der Waals surface area contributed by atoms with E-state index < -0.39 is 0 Å². The molecule has 1 saturated heterocycles. The molecule has 0 radical (unpaired) electrons. The summed E-state index contributed by atoms with van der Waals surface area (Å²) in [7, 11) is 0. The number of nitrogens with one attached hydrogen (secondary N) is 1. The van der Waals surface area contributed by atoms with Crippen molar-refractivity contribution in [2.75, 3.05) is 18.8 Å². The van der Waals surface area contributed by atoms with Gasteiger partial charge in [-0.1, -0.05) is 18.2 Å². The van der Waals surface area contributed by atoms with Gasteiger partial charge in [-0.25, -0.2) is 4.98 Å². The number of anilines is 1. The minimum Gasteiger partial charge on any atom is -0.452 e. The van der Waals surface area contributed by atoms with Crippen LogP contribution in [0.3, 0.4) is 0 Å². The van der Waals surface area contributed by atoms with Crippen molar-refractivity contribution in [3.63, 3.8) is 0 Å². The number of hydrogen-bond acceptors (Lipinski definition) is 6. The second-order valence-corrected chi connectivity index (χ2v) is 8.41. The fourth-order valence-corrected chi connectivity index (χ4v) is 4.82. The molecule has 160 valence electrons. The molecule has 0 saturated carbocycles. The van der Waals surface area contributed by atoms with Crippen LogP contribution >= 0.6 is 0 Å². The van der Waals surface area contributed by atoms with Gasteiger partial charge >= 0.3 is 0 Å². The van der Waals surface area contributed by atoms with E-state index in [0.29, 0.717) is 17.4 Å². The van der Waals surface area contributed by atoms with Crippen molar-refractivity contribution in [2.45, 2.75) is 25.8 Å². The van der Waals surface area contributed by atoms with Crippen LogP contribution in [-0.4, -0.2) is 32.8 Å². The number of benzene rings is 1. The van der Waals surface area contributed by atoms with Crippen LogP contribution in [0.15, 0.2) is 59.7 Å². The molecule has 6 rings (SSSR count). The number of piperidine rings is 1. The summed E-state index contributed by atoms with van der Waals surface area (Å²) in [5.74, 6) is 1.20. The molecule has 3 N–H and O–H groups in total. The first kappa shape index (κ1) is 19.0. The van der Waals surface area contributed by atoms with Crippen molar-refractivity contribution >= 4 is 27.6 Å². The largest absolute Gasteiger partial charge is 0.452 e. The Labute approximate surface area is 185 Å². The second-order valence-electron chi connectivity index (χ2n) is 8.41. The van der Waals surface area contributed by atoms with Crippen LogP contribution in [0.5, 0.6) is 0 Å². The molecule has 1 aromatic carbocycles. The first-order valence-corrected chi connectivity index (χ1v) is 11.0. The molecule has 0 unspecified atom stereocenters. The van der Waals surface area contributed by atoms with Crippen LogP contribution in [0.1, 0.15) is 24.4 Å². The van der Waals surface area contributed by atoms with Gasteiger partial charge in [0.05, 0.1) is 12.2 Å². The average molecular weight is 425 g/mol. The highest BCUT2D eigenvalue weighted by Crippen LogP contribution is 2.42. The molecule has 1 fully saturated rings. The monoisotopic (exact) mass is 424 g/mol. The molecule has 4 aromatic heterocycles. The van der Waals surface area contributed by atoms with Crippen LogP contribution < -0.4 is 11.1 Å². The van der Waals surface area contributed by atoms with Gasteiger partial charge in [0.25, 0.3) is 0 Å². The molecular weight excluding hydrogens is 400 g/mol. The quantitative estimate of drug-likeness (QED) is 0.435. The standard InChI is InChI=1S/C25H24N6O/c1-15-22-21(17-12-30-31(14-17)18-5-8-27-9-6-18)13-29-25(26)24(22)32-23(15)20-4-2-3-16-11-28-10-7-19(16)20/h2-4,7,10-14,18,27H,5-6,8-9H2,1H3,(H2,26,29). The molecule has 1 aliphatic rings. The number of furan rings is 1. The van der Waals surface area contributed by atoms with Crippen LogP contribution in [0.25, 0.3) is 44.2 Å². The predicted octanol–water partition coefficient (Wildman–Crippen LogP) is 4.72. The third kappa shape index (κ3) is 2.97. The summed E-state index contributed by atoms with van der Waals surface area (Å²) in [4.78, 5) is 8.69. The zero-order valence-corrected chi connectivity index (χ0v) is 17.9. The Morgan fingerprint density at radius 2 is 1.97 bits per heavy atom. The van der Waals surface area contributed by atoms with E-state index in [0.717, 1.165) is 70.1 Å². The van der Waals surface area contributed by atoms with E-state index >= 15 is 0 Å². The van der Waals surface area contributed by atoms with Crippen molar-refractivity contribution in [3.05, 3.63) is 60.8 Å². The maximum atomic E-state index is 6.37. The topological polar surface area (TPSA) is 94.8 Å². The van der Waals surface area contributed by atoms with Gasteiger partial charge in [-0.3, -0.25) is 9.67 Å². The van der Waals surface area contributed by atoms with Crippen molar-refractivity contribution < 1.29 is 4.42 Å². The van der Waals surface area contributed by atoms with Gasteiger partial charge < -0.3 is 15.5 Å². The molecule has 0 spiro atoms. The SMILES string of the molecule is Cc1c(-c2cccc3cnccc23)oc2c(N)ncc(-c3cnn(C4CCNCC4)c3)c12. The third-order valence-electron chi connectivity index (χ3n) is 6.50. The van der Waals surface area contributed by atoms with E-state index in [-0.39, 0.29) is 0 Å². The van der Waals surface area contributed by atoms with Gasteiger partial charge in [0.15, 0.2) is 11.4 Å². The number of fused-ring (bicyclic) bond motifs is 2. The number of pyridine rings is 2. The summed E-state index contributed by atoms with van der Waals surface area (Å²) < 4.78 is 8.46. The highest BCUT2D eigenvalue weighted by atomic mass is 16.3. The zero-order valence-electron chi connectivity index (χ0n) is 17.9. The Hall–Kier alpha value is -3.71. The van der Waals surface area contributed by atoms with Gasteiger partial charge in [-0.05, 0) is 44.3 Å². The molecular formula is C25H24N6O. The van der Waals surface area contributed by atoms with Gasteiger partial charge in [0, 0.05) is 57.8 Å². The maximum absolute atomic E-state index is 6.37. The van der Waals surface area contributed by atoms with Crippen LogP contribution in [0, 0.1) is 6.92 Å². The van der Waals surface area contributed by atoms with E-state index in [4.69, 9.17) is 10.2 Å². The first-order chi connectivity index (χ1) is 15.7. The minimum absolute atomic E-state index is 0.394. The molecule has 32 heavy (non-hydrogen) atoms. The lowest BCUT2D eigenvalue weighted by Gasteiger charge is -2.22. The van der Waals surface area contributed by atoms with Crippen molar-refractivity contribution in [3.8, 4) is 22.5 Å². The summed E-state index contributed by atoms with van der Waals surface area (Å²) in [5.41, 5.74) is 11.0. The highest BCUT2D eigenvalue weighted by Gasteiger charge is 2.22. The molecule has 0 bridgehead atoms. The molecule has 7 nitrogen and oxygen atoms in total. The Balaban J connectivity index is 1.52. The summed E-state index contributed by atoms with van der Waals surface area (Å²) in [6.07, 6.45) is 11.7. The highest BCUT2D eigenvalue weighted by molar-refractivity contribution is 6.05. The number of aromatic nitrogens is 4. The maximum Gasteiger partial charge on any atom is 0.177 e. The number of nitrogens with zero attached hydrogens (tertiary/aromatic N) is 4. The van der Waals surface area contributed by atoms with Gasteiger partial charge in [0.1, 0.15) is 5.76 Å². The van der Waals surface area contributed by atoms with Crippen LogP contribution in [0.2, 0.25) is 0 Å². The molecule has 1 aliphatic heterocycles. The molecule has 0 atom stereocenters. The minimum atomic E-state index is 0.394. The Morgan fingerprint density at radius 3 is 2.84 bits per heavy atom. The molecule has 7 heteroatoms. The first-order valence-electron chi connectivity index (χ1n) is 11.0. The number of nitrogens with two attached hydrogens (primary N) is 1. The summed E-state index contributed by atoms with van der Waals surface area (Å²) >= 11 is 0. The van der Waals surface area contributed by atoms with E-state index in [1.54, 1.807) is 6.20 Å². The number of nitrogen functional groups attached to an aromatic ring is 1. The van der Waals surface area contributed by atoms with Gasteiger partial charge in [0.2, 0.25) is 0 Å². The zero-order chi connectivity index (χ0) is 21.7. The van der Waals surface area contributed by atoms with Gasteiger partial charge in [-0.2, -0.15) is 5.10 Å². The van der Waals surface area contributed by atoms with Crippen molar-refractivity contribution in [1.29, 1.82) is 0 Å². The van der Waals surface area contributed by atoms with Crippen molar-refractivity contribution in [1.82, 2.24) is 25.1 Å². The van der Waals surface area contributed by atoms with E-state index in [9.17, 15) is 0 Å². The fraction of sp³-hybridized carbons (Fsp3) is 0.240. The Morgan fingerprint density at radius 1 is 1.09 bits per heavy atom. The van der Waals surface area contributed by atoms with Gasteiger partial charge in [-0.15, -0.1) is 0 Å². The second kappa shape index (κ2) is 7.46. The normalized spacial score (nSPS) is 15.0. The molecule has 5 aromatic rings. The lowest BCUT2D eigenvalue weighted by atomic mass is 9.99. The van der Waals surface area contributed by atoms with E-state index in [1.807, 2.05) is 30.7 Å². The summed E-state index contributed by atoms with van der Waals surface area (Å²) in [6.45, 7) is 4.14. The van der Waals surface area contributed by atoms with Crippen LogP contribution in [-0.2, 0) is 0 Å². The average Bonchev–Trinajstić information content (AvgIpc) is 3.46. The van der Waals surface area contributed by atoms with Crippen molar-refractivity contribution in [2.24, 2.45) is 0 Å². The lowest BCUT2D eigenvalue weighted by molar-refractivity contribution is 0.343. The summed E-state index contributed by atoms with van der Waals surface area (Å²) in [5, 5.41) is 11.2. The summed E-state index contributed by atoms with van der Waals surface area (Å²) in [6, 6.07) is 8.60.